The Morgan fingerprint density at radius 3 is 1.00 bits per heavy atom. The summed E-state index contributed by atoms with van der Waals surface area (Å²) in [5, 5.41) is 13.9. The molecule has 0 unspecified atom stereocenters. The summed E-state index contributed by atoms with van der Waals surface area (Å²) in [7, 11) is -4.67. The van der Waals surface area contributed by atoms with E-state index < -0.39 is 16.6 Å². The van der Waals surface area contributed by atoms with E-state index in [0.29, 0.717) is 0 Å². The summed E-state index contributed by atoms with van der Waals surface area (Å²) in [5.74, 6) is 0. The van der Waals surface area contributed by atoms with Crippen LogP contribution in [0.15, 0.2) is 0 Å². The Hall–Kier alpha value is 0.179. The Morgan fingerprint density at radius 2 is 1.00 bits per heavy atom. The topological polar surface area (TPSA) is 132 Å². The molecule has 0 bridgehead atoms. The van der Waals surface area contributed by atoms with Gasteiger partial charge in [0, 0.05) is 34.1 Å². The Labute approximate surface area is 83.3 Å². The minimum Gasteiger partial charge on any atom is -0.450 e. The van der Waals surface area contributed by atoms with Gasteiger partial charge in [0.05, 0.1) is 0 Å². The third-order valence-electron chi connectivity index (χ3n) is 0. The monoisotopic (exact) mass is 270 g/mol. The standard InChI is InChI=1S/CH2O3.2Mn.H2O4S/c2-1(3)4;;;1-5(2,3)4/h(H2,2,3,4);;;(H2,1,2,3,4). The zero-order valence-corrected chi connectivity index (χ0v) is 7.86. The molecule has 70 valence electrons. The van der Waals surface area contributed by atoms with Gasteiger partial charge in [-0.3, -0.25) is 9.11 Å². The van der Waals surface area contributed by atoms with Crippen LogP contribution in [0, 0.1) is 0 Å². The van der Waals surface area contributed by atoms with Gasteiger partial charge in [-0.25, -0.2) is 4.79 Å². The number of carbonyl (C=O) groups is 1. The summed E-state index contributed by atoms with van der Waals surface area (Å²) in [6, 6.07) is 0. The minimum atomic E-state index is -4.67. The zero-order chi connectivity index (χ0) is 8.08. The van der Waals surface area contributed by atoms with Gasteiger partial charge in [0.15, 0.2) is 0 Å². The normalized spacial score (nSPS) is 7.45. The fourth-order valence-electron chi connectivity index (χ4n) is 0. The Morgan fingerprint density at radius 1 is 1.00 bits per heavy atom. The molecule has 0 fully saturated rings. The van der Waals surface area contributed by atoms with E-state index in [1.54, 1.807) is 0 Å². The summed E-state index contributed by atoms with van der Waals surface area (Å²) >= 11 is 0. The molecule has 11 heavy (non-hydrogen) atoms. The molecule has 0 atom stereocenters. The van der Waals surface area contributed by atoms with Crippen LogP contribution in [0.5, 0.6) is 0 Å². The molecule has 0 aliphatic rings. The summed E-state index contributed by atoms with van der Waals surface area (Å²) in [6.45, 7) is 0. The first-order valence-electron chi connectivity index (χ1n) is 1.35. The van der Waals surface area contributed by atoms with Crippen LogP contribution in [0.3, 0.4) is 0 Å². The predicted molar refractivity (Wildman–Crippen MR) is 24.8 cm³/mol. The van der Waals surface area contributed by atoms with Crippen molar-refractivity contribution in [2.24, 2.45) is 0 Å². The Kier molecular flexibility index (Phi) is 20.8. The number of hydrogen-bond acceptors (Lipinski definition) is 3. The van der Waals surface area contributed by atoms with Crippen LogP contribution in [0.2, 0.25) is 0 Å². The van der Waals surface area contributed by atoms with Crippen LogP contribution in [-0.4, -0.2) is 33.9 Å². The minimum absolute atomic E-state index is 0. The van der Waals surface area contributed by atoms with Crippen molar-refractivity contribution in [1.29, 1.82) is 0 Å². The number of rotatable bonds is 0. The van der Waals surface area contributed by atoms with Gasteiger partial charge in [0.25, 0.3) is 0 Å². The molecule has 0 aromatic heterocycles. The van der Waals surface area contributed by atoms with Crippen molar-refractivity contribution < 1.29 is 66.7 Å². The average Bonchev–Trinajstić information content (AvgIpc) is 1.19. The smallest absolute Gasteiger partial charge is 0.450 e. The van der Waals surface area contributed by atoms with Crippen LogP contribution in [-0.2, 0) is 44.5 Å². The van der Waals surface area contributed by atoms with Crippen LogP contribution in [0.25, 0.3) is 0 Å². The van der Waals surface area contributed by atoms with E-state index in [1.807, 2.05) is 0 Å². The van der Waals surface area contributed by atoms with E-state index in [4.69, 9.17) is 32.5 Å². The molecule has 0 aromatic rings. The van der Waals surface area contributed by atoms with Crippen LogP contribution in [0.4, 0.5) is 4.79 Å². The van der Waals surface area contributed by atoms with Crippen molar-refractivity contribution in [3.63, 3.8) is 0 Å². The molecule has 0 saturated heterocycles. The molecular weight excluding hydrogens is 266 g/mol. The van der Waals surface area contributed by atoms with Crippen LogP contribution < -0.4 is 0 Å². The van der Waals surface area contributed by atoms with Gasteiger partial charge in [0.2, 0.25) is 0 Å². The van der Waals surface area contributed by atoms with Gasteiger partial charge in [-0.2, -0.15) is 8.42 Å². The molecule has 4 N–H and O–H groups in total. The first-order valence-corrected chi connectivity index (χ1v) is 2.75. The second-order valence-electron chi connectivity index (χ2n) is 0.730. The van der Waals surface area contributed by atoms with Crippen molar-refractivity contribution in [3.8, 4) is 0 Å². The molecule has 0 spiro atoms. The molecular formula is CH4Mn2O7S. The van der Waals surface area contributed by atoms with Gasteiger partial charge >= 0.3 is 16.6 Å². The summed E-state index contributed by atoms with van der Waals surface area (Å²) < 4.78 is 31.6. The SMILES string of the molecule is O=C(O)O.O=S(=O)(O)O.[Mn].[Mn]. The molecule has 0 aliphatic heterocycles. The fraction of sp³-hybridized carbons (Fsp3) is 0. The van der Waals surface area contributed by atoms with E-state index in [-0.39, 0.29) is 34.1 Å². The van der Waals surface area contributed by atoms with E-state index in [9.17, 15) is 0 Å². The largest absolute Gasteiger partial charge is 0.503 e. The maximum absolute atomic E-state index is 8.74. The molecule has 0 heterocycles. The molecule has 0 amide bonds. The molecule has 0 saturated carbocycles. The van der Waals surface area contributed by atoms with Crippen molar-refractivity contribution in [1.82, 2.24) is 0 Å². The summed E-state index contributed by atoms with van der Waals surface area (Å²) in [6.07, 6.45) is -1.83. The summed E-state index contributed by atoms with van der Waals surface area (Å²) in [4.78, 5) is 8.56. The van der Waals surface area contributed by atoms with Gasteiger partial charge in [-0.1, -0.05) is 0 Å². The third-order valence-corrected chi connectivity index (χ3v) is 0. The van der Waals surface area contributed by atoms with E-state index in [0.717, 1.165) is 0 Å². The van der Waals surface area contributed by atoms with Gasteiger partial charge in [-0.15, -0.1) is 0 Å². The zero-order valence-electron chi connectivity index (χ0n) is 4.68. The van der Waals surface area contributed by atoms with Crippen molar-refractivity contribution in [2.45, 2.75) is 0 Å². The molecule has 10 heteroatoms. The van der Waals surface area contributed by atoms with Crippen LogP contribution >= 0.6 is 0 Å². The second kappa shape index (κ2) is 10.2. The van der Waals surface area contributed by atoms with Gasteiger partial charge in [-0.05, 0) is 0 Å². The first kappa shape index (κ1) is 22.5. The second-order valence-corrected chi connectivity index (χ2v) is 1.63. The molecule has 0 aromatic carbocycles. The number of carboxylic acid groups (broad SMARTS) is 2. The van der Waals surface area contributed by atoms with Crippen molar-refractivity contribution in [3.05, 3.63) is 0 Å². The summed E-state index contributed by atoms with van der Waals surface area (Å²) in [5.41, 5.74) is 0. The Bertz CT molecular complexity index is 159. The average molecular weight is 270 g/mol. The molecule has 2 radical (unpaired) electrons. The molecule has 7 nitrogen and oxygen atoms in total. The van der Waals surface area contributed by atoms with Gasteiger partial charge in [0.1, 0.15) is 0 Å². The third kappa shape index (κ3) is 21300. The molecule has 0 rings (SSSR count). The van der Waals surface area contributed by atoms with Crippen LogP contribution in [0.1, 0.15) is 0 Å². The Balaban J connectivity index is -0.0000000383. The quantitative estimate of drug-likeness (QED) is 0.346. The van der Waals surface area contributed by atoms with Crippen molar-refractivity contribution in [2.75, 3.05) is 0 Å². The van der Waals surface area contributed by atoms with Crippen molar-refractivity contribution >= 4 is 16.6 Å². The predicted octanol–water partition coefficient (Wildman–Crippen LogP) is -0.435. The van der Waals surface area contributed by atoms with E-state index in [1.165, 1.54) is 0 Å². The maximum atomic E-state index is 8.74. The van der Waals surface area contributed by atoms with E-state index in [2.05, 4.69) is 0 Å². The number of hydrogen-bond donors (Lipinski definition) is 4. The fourth-order valence-corrected chi connectivity index (χ4v) is 0. The maximum Gasteiger partial charge on any atom is 0.503 e. The molecule has 0 aliphatic carbocycles. The van der Waals surface area contributed by atoms with E-state index >= 15 is 0 Å². The first-order chi connectivity index (χ1) is 3.73. The van der Waals surface area contributed by atoms with Gasteiger partial charge < -0.3 is 10.2 Å².